The molecule has 1 aromatic carbocycles. The van der Waals surface area contributed by atoms with Crippen LogP contribution in [0.25, 0.3) is 0 Å². The second-order valence-corrected chi connectivity index (χ2v) is 5.12. The molecule has 0 unspecified atom stereocenters. The molecule has 0 amide bonds. The Hall–Kier alpha value is -1.77. The highest BCUT2D eigenvalue weighted by atomic mass is 127. The average molecular weight is 372 g/mol. The van der Waals surface area contributed by atoms with E-state index in [0.29, 0.717) is 17.9 Å². The van der Waals surface area contributed by atoms with Crippen LogP contribution in [0.1, 0.15) is 11.1 Å². The summed E-state index contributed by atoms with van der Waals surface area (Å²) in [6.45, 7) is 0.635. The summed E-state index contributed by atoms with van der Waals surface area (Å²) in [4.78, 5) is 0. The van der Waals surface area contributed by atoms with Gasteiger partial charge in [-0.1, -0.05) is 11.2 Å². The number of aromatic nitrogens is 2. The summed E-state index contributed by atoms with van der Waals surface area (Å²) < 4.78 is 8.16. The fourth-order valence-electron chi connectivity index (χ4n) is 1.71. The number of nitrogens with zero attached hydrogens (tertiary/aromatic N) is 3. The number of rotatable bonds is 4. The highest BCUT2D eigenvalue weighted by Gasteiger charge is 2.09. The van der Waals surface area contributed by atoms with Crippen LogP contribution >= 0.6 is 22.6 Å². The molecule has 19 heavy (non-hydrogen) atoms. The first-order chi connectivity index (χ1) is 9.13. The van der Waals surface area contributed by atoms with Gasteiger partial charge in [-0.3, -0.25) is 4.68 Å². The van der Waals surface area contributed by atoms with E-state index in [1.165, 1.54) is 0 Å². The maximum atomic E-state index is 8.71. The Morgan fingerprint density at radius 3 is 2.95 bits per heavy atom. The molecule has 2 rings (SSSR count). The van der Waals surface area contributed by atoms with Gasteiger partial charge in [-0.05, 0) is 40.3 Å². The molecular formula is C12H13IN4O2. The molecule has 0 atom stereocenters. The molecule has 0 spiro atoms. The highest BCUT2D eigenvalue weighted by Crippen LogP contribution is 2.20. The van der Waals surface area contributed by atoms with Crippen molar-refractivity contribution in [3.05, 3.63) is 45.3 Å². The van der Waals surface area contributed by atoms with Gasteiger partial charge in [0.05, 0.1) is 29.0 Å². The number of oxime groups is 1. The van der Waals surface area contributed by atoms with Gasteiger partial charge in [0, 0.05) is 6.20 Å². The van der Waals surface area contributed by atoms with E-state index in [1.807, 2.05) is 23.0 Å². The maximum absolute atomic E-state index is 8.71. The van der Waals surface area contributed by atoms with Crippen LogP contribution in [0.4, 0.5) is 0 Å². The molecule has 0 aliphatic heterocycles. The number of hydrogen-bond donors (Lipinski definition) is 2. The molecule has 0 aliphatic rings. The molecular weight excluding hydrogens is 359 g/mol. The summed E-state index contributed by atoms with van der Waals surface area (Å²) in [6, 6.07) is 5.50. The second kappa shape index (κ2) is 5.91. The van der Waals surface area contributed by atoms with E-state index in [2.05, 4.69) is 32.8 Å². The summed E-state index contributed by atoms with van der Waals surface area (Å²) >= 11 is 2.21. The van der Waals surface area contributed by atoms with Gasteiger partial charge >= 0.3 is 0 Å². The van der Waals surface area contributed by atoms with Crippen molar-refractivity contribution in [3.63, 3.8) is 0 Å². The number of nitrogens with two attached hydrogens (primary N) is 1. The number of methoxy groups -OCH3 is 1. The van der Waals surface area contributed by atoms with Crippen LogP contribution in [0.2, 0.25) is 0 Å². The first-order valence-electron chi connectivity index (χ1n) is 5.47. The molecule has 6 nitrogen and oxygen atoms in total. The van der Waals surface area contributed by atoms with Gasteiger partial charge in [0.25, 0.3) is 0 Å². The van der Waals surface area contributed by atoms with Crippen LogP contribution in [0, 0.1) is 3.57 Å². The number of hydrogen-bond acceptors (Lipinski definition) is 4. The van der Waals surface area contributed by atoms with Crippen molar-refractivity contribution in [3.8, 4) is 5.75 Å². The summed E-state index contributed by atoms with van der Waals surface area (Å²) in [5.41, 5.74) is 7.16. The van der Waals surface area contributed by atoms with Gasteiger partial charge in [-0.25, -0.2) is 0 Å². The van der Waals surface area contributed by atoms with Crippen LogP contribution in [0.3, 0.4) is 0 Å². The topological polar surface area (TPSA) is 85.7 Å². The van der Waals surface area contributed by atoms with Crippen molar-refractivity contribution in [2.24, 2.45) is 10.9 Å². The predicted octanol–water partition coefficient (Wildman–Crippen LogP) is 1.64. The lowest BCUT2D eigenvalue weighted by atomic mass is 10.1. The Labute approximate surface area is 124 Å². The standard InChI is InChI=1S/C12H13IN4O2/c1-19-11-4-8(2-3-10(11)12(14)16-18)6-17-7-9(13)5-15-17/h2-5,7,18H,6H2,1H3,(H2,14,16). The lowest BCUT2D eigenvalue weighted by molar-refractivity contribution is 0.318. The normalized spacial score (nSPS) is 11.6. The fraction of sp³-hybridized carbons (Fsp3) is 0.167. The molecule has 0 fully saturated rings. The maximum Gasteiger partial charge on any atom is 0.173 e. The Balaban J connectivity index is 2.29. The zero-order valence-corrected chi connectivity index (χ0v) is 12.4. The molecule has 0 saturated heterocycles. The van der Waals surface area contributed by atoms with Crippen molar-refractivity contribution in [1.29, 1.82) is 0 Å². The van der Waals surface area contributed by atoms with Gasteiger partial charge in [-0.2, -0.15) is 5.10 Å². The number of amidine groups is 1. The zero-order chi connectivity index (χ0) is 13.8. The third-order valence-electron chi connectivity index (χ3n) is 2.60. The van der Waals surface area contributed by atoms with Gasteiger partial charge in [-0.15, -0.1) is 0 Å². The molecule has 0 saturated carbocycles. The molecule has 2 aromatic rings. The third-order valence-corrected chi connectivity index (χ3v) is 3.15. The molecule has 0 aliphatic carbocycles. The van der Waals surface area contributed by atoms with E-state index < -0.39 is 0 Å². The van der Waals surface area contributed by atoms with E-state index in [0.717, 1.165) is 9.13 Å². The van der Waals surface area contributed by atoms with Crippen LogP contribution in [-0.2, 0) is 6.54 Å². The second-order valence-electron chi connectivity index (χ2n) is 3.88. The third kappa shape index (κ3) is 3.16. The van der Waals surface area contributed by atoms with Crippen LogP contribution in [0.15, 0.2) is 35.7 Å². The smallest absolute Gasteiger partial charge is 0.173 e. The number of benzene rings is 1. The Morgan fingerprint density at radius 1 is 1.58 bits per heavy atom. The van der Waals surface area contributed by atoms with Gasteiger partial charge < -0.3 is 15.7 Å². The number of ether oxygens (including phenoxy) is 1. The molecule has 1 aromatic heterocycles. The van der Waals surface area contributed by atoms with Crippen LogP contribution in [0.5, 0.6) is 5.75 Å². The van der Waals surface area contributed by atoms with E-state index in [1.54, 1.807) is 19.4 Å². The zero-order valence-electron chi connectivity index (χ0n) is 10.2. The highest BCUT2D eigenvalue weighted by molar-refractivity contribution is 14.1. The quantitative estimate of drug-likeness (QED) is 0.281. The SMILES string of the molecule is COc1cc(Cn2cc(I)cn2)ccc1/C(N)=N/O. The summed E-state index contributed by atoms with van der Waals surface area (Å²) in [7, 11) is 1.55. The van der Waals surface area contributed by atoms with Gasteiger partial charge in [0.2, 0.25) is 0 Å². The summed E-state index contributed by atoms with van der Waals surface area (Å²) in [5, 5.41) is 15.9. The van der Waals surface area contributed by atoms with Crippen molar-refractivity contribution < 1.29 is 9.94 Å². The van der Waals surface area contributed by atoms with E-state index in [-0.39, 0.29) is 5.84 Å². The minimum Gasteiger partial charge on any atom is -0.496 e. The summed E-state index contributed by atoms with van der Waals surface area (Å²) in [6.07, 6.45) is 3.74. The minimum absolute atomic E-state index is 0.0250. The fourth-order valence-corrected chi connectivity index (χ4v) is 2.16. The molecule has 100 valence electrons. The molecule has 3 N–H and O–H groups in total. The van der Waals surface area contributed by atoms with Crippen LogP contribution < -0.4 is 10.5 Å². The summed E-state index contributed by atoms with van der Waals surface area (Å²) in [5.74, 6) is 0.590. The van der Waals surface area contributed by atoms with E-state index in [9.17, 15) is 0 Å². The molecule has 0 bridgehead atoms. The monoisotopic (exact) mass is 372 g/mol. The Morgan fingerprint density at radius 2 is 2.37 bits per heavy atom. The van der Waals surface area contributed by atoms with Crippen LogP contribution in [-0.4, -0.2) is 27.9 Å². The van der Waals surface area contributed by atoms with E-state index in [4.69, 9.17) is 15.7 Å². The van der Waals surface area contributed by atoms with Gasteiger partial charge in [0.15, 0.2) is 5.84 Å². The molecule has 0 radical (unpaired) electrons. The number of halogens is 1. The Bertz CT molecular complexity index is 610. The largest absolute Gasteiger partial charge is 0.496 e. The molecule has 1 heterocycles. The van der Waals surface area contributed by atoms with Crippen molar-refractivity contribution in [1.82, 2.24) is 9.78 Å². The van der Waals surface area contributed by atoms with Gasteiger partial charge in [0.1, 0.15) is 5.75 Å². The Kier molecular flexibility index (Phi) is 4.25. The lowest BCUT2D eigenvalue weighted by Gasteiger charge is -2.09. The van der Waals surface area contributed by atoms with Crippen molar-refractivity contribution >= 4 is 28.4 Å². The predicted molar refractivity (Wildman–Crippen MR) is 79.6 cm³/mol. The van der Waals surface area contributed by atoms with E-state index >= 15 is 0 Å². The minimum atomic E-state index is 0.0250. The molecule has 7 heteroatoms. The average Bonchev–Trinajstić information content (AvgIpc) is 2.83. The van der Waals surface area contributed by atoms with Crippen molar-refractivity contribution in [2.75, 3.05) is 7.11 Å². The van der Waals surface area contributed by atoms with Crippen molar-refractivity contribution in [2.45, 2.75) is 6.54 Å². The lowest BCUT2D eigenvalue weighted by Crippen LogP contribution is -2.14. The first-order valence-corrected chi connectivity index (χ1v) is 6.54. The first kappa shape index (κ1) is 13.7.